The van der Waals surface area contributed by atoms with Crippen LogP contribution in [0.2, 0.25) is 0 Å². The quantitative estimate of drug-likeness (QED) is 0.768. The molecule has 5 nitrogen and oxygen atoms in total. The standard InChI is InChI=1S/C16H15N5S/c1-10-8-14(21-20-10)18-16-12-4-2-3-5-13(12)17-15(19-16)11-6-7-22-9-11/h2-5,8-9H,6-7H2,1H3,(H2,17,18,19,20,21). The highest BCUT2D eigenvalue weighted by Gasteiger charge is 2.14. The molecule has 0 bridgehead atoms. The molecule has 0 aliphatic carbocycles. The number of hydrogen-bond donors (Lipinski definition) is 2. The highest BCUT2D eigenvalue weighted by molar-refractivity contribution is 8.02. The number of thioether (sulfide) groups is 1. The third kappa shape index (κ3) is 2.46. The highest BCUT2D eigenvalue weighted by Crippen LogP contribution is 2.31. The molecule has 22 heavy (non-hydrogen) atoms. The molecule has 1 aliphatic rings. The lowest BCUT2D eigenvalue weighted by molar-refractivity contribution is 1.04. The number of nitrogens with one attached hydrogen (secondary N) is 2. The Kier molecular flexibility index (Phi) is 3.31. The number of anilines is 2. The first-order valence-corrected chi connectivity index (χ1v) is 8.21. The van der Waals surface area contributed by atoms with Gasteiger partial charge < -0.3 is 5.32 Å². The minimum Gasteiger partial charge on any atom is -0.323 e. The molecule has 4 rings (SSSR count). The maximum Gasteiger partial charge on any atom is 0.158 e. The lowest BCUT2D eigenvalue weighted by Gasteiger charge is -2.09. The van der Waals surface area contributed by atoms with Crippen LogP contribution >= 0.6 is 11.8 Å². The van der Waals surface area contributed by atoms with Crippen LogP contribution < -0.4 is 5.32 Å². The smallest absolute Gasteiger partial charge is 0.158 e. The molecule has 1 aliphatic heterocycles. The number of hydrogen-bond acceptors (Lipinski definition) is 5. The van der Waals surface area contributed by atoms with Crippen molar-refractivity contribution >= 4 is 39.9 Å². The Bertz CT molecular complexity index is 868. The molecule has 6 heteroatoms. The number of aromatic amines is 1. The van der Waals surface area contributed by atoms with Gasteiger partial charge in [-0.05, 0) is 30.9 Å². The average molecular weight is 309 g/mol. The summed E-state index contributed by atoms with van der Waals surface area (Å²) in [5, 5.41) is 13.6. The van der Waals surface area contributed by atoms with Gasteiger partial charge in [0.15, 0.2) is 11.6 Å². The van der Waals surface area contributed by atoms with Crippen molar-refractivity contribution in [3.8, 4) is 0 Å². The molecular weight excluding hydrogens is 294 g/mol. The third-order valence-corrected chi connectivity index (χ3v) is 4.45. The Morgan fingerprint density at radius 3 is 2.91 bits per heavy atom. The SMILES string of the molecule is Cc1cc(Nc2nc(C3=CSCC3)nc3ccccc23)n[nH]1. The van der Waals surface area contributed by atoms with Crippen LogP contribution in [0.5, 0.6) is 0 Å². The first-order chi connectivity index (χ1) is 10.8. The van der Waals surface area contributed by atoms with Crippen molar-refractivity contribution in [1.82, 2.24) is 20.2 Å². The van der Waals surface area contributed by atoms with Crippen LogP contribution in [0.25, 0.3) is 16.5 Å². The van der Waals surface area contributed by atoms with Gasteiger partial charge in [0.05, 0.1) is 5.52 Å². The van der Waals surface area contributed by atoms with E-state index in [0.717, 1.165) is 46.2 Å². The second-order valence-electron chi connectivity index (χ2n) is 5.24. The van der Waals surface area contributed by atoms with E-state index in [1.165, 1.54) is 5.57 Å². The second kappa shape index (κ2) is 5.46. The fourth-order valence-electron chi connectivity index (χ4n) is 2.47. The van der Waals surface area contributed by atoms with E-state index in [2.05, 4.69) is 20.9 Å². The van der Waals surface area contributed by atoms with E-state index in [1.54, 1.807) is 0 Å². The minimum atomic E-state index is 0.766. The summed E-state index contributed by atoms with van der Waals surface area (Å²) in [6.07, 6.45) is 1.02. The normalized spacial score (nSPS) is 14.3. The van der Waals surface area contributed by atoms with Crippen LogP contribution in [0, 0.1) is 6.92 Å². The van der Waals surface area contributed by atoms with Gasteiger partial charge in [-0.25, -0.2) is 9.97 Å². The van der Waals surface area contributed by atoms with Crippen LogP contribution in [0.3, 0.4) is 0 Å². The van der Waals surface area contributed by atoms with Crippen molar-refractivity contribution in [3.63, 3.8) is 0 Å². The van der Waals surface area contributed by atoms with Gasteiger partial charge in [0.25, 0.3) is 0 Å². The van der Waals surface area contributed by atoms with Crippen molar-refractivity contribution in [2.75, 3.05) is 11.1 Å². The molecule has 0 spiro atoms. The van der Waals surface area contributed by atoms with E-state index in [0.29, 0.717) is 0 Å². The summed E-state index contributed by atoms with van der Waals surface area (Å²) in [5.41, 5.74) is 3.16. The van der Waals surface area contributed by atoms with Crippen molar-refractivity contribution in [3.05, 3.63) is 47.3 Å². The summed E-state index contributed by atoms with van der Waals surface area (Å²) in [6.45, 7) is 1.97. The van der Waals surface area contributed by atoms with Crippen molar-refractivity contribution < 1.29 is 0 Å². The van der Waals surface area contributed by atoms with E-state index in [4.69, 9.17) is 9.97 Å². The molecule has 110 valence electrons. The van der Waals surface area contributed by atoms with Crippen LogP contribution in [0.1, 0.15) is 17.9 Å². The fourth-order valence-corrected chi connectivity index (χ4v) is 3.35. The summed E-state index contributed by atoms with van der Waals surface area (Å²) < 4.78 is 0. The molecule has 2 N–H and O–H groups in total. The zero-order chi connectivity index (χ0) is 14.9. The van der Waals surface area contributed by atoms with E-state index < -0.39 is 0 Å². The average Bonchev–Trinajstić information content (AvgIpc) is 3.19. The van der Waals surface area contributed by atoms with Crippen molar-refractivity contribution in [2.45, 2.75) is 13.3 Å². The van der Waals surface area contributed by atoms with Crippen LogP contribution in [-0.2, 0) is 0 Å². The van der Waals surface area contributed by atoms with Gasteiger partial charge in [0.1, 0.15) is 5.82 Å². The molecule has 0 amide bonds. The van der Waals surface area contributed by atoms with Gasteiger partial charge in [-0.2, -0.15) is 5.10 Å². The first kappa shape index (κ1) is 13.3. The number of rotatable bonds is 3. The molecule has 2 aromatic heterocycles. The van der Waals surface area contributed by atoms with Gasteiger partial charge in [0.2, 0.25) is 0 Å². The van der Waals surface area contributed by atoms with Crippen LogP contribution in [0.4, 0.5) is 11.6 Å². The van der Waals surface area contributed by atoms with Crippen molar-refractivity contribution in [2.24, 2.45) is 0 Å². The number of para-hydroxylation sites is 1. The summed E-state index contributed by atoms with van der Waals surface area (Å²) in [6, 6.07) is 10.0. The largest absolute Gasteiger partial charge is 0.323 e. The first-order valence-electron chi connectivity index (χ1n) is 7.16. The van der Waals surface area contributed by atoms with Crippen molar-refractivity contribution in [1.29, 1.82) is 0 Å². The monoisotopic (exact) mass is 309 g/mol. The maximum atomic E-state index is 4.73. The summed E-state index contributed by atoms with van der Waals surface area (Å²) in [4.78, 5) is 9.43. The zero-order valence-corrected chi connectivity index (χ0v) is 12.9. The molecule has 3 aromatic rings. The zero-order valence-electron chi connectivity index (χ0n) is 12.1. The van der Waals surface area contributed by atoms with Gasteiger partial charge >= 0.3 is 0 Å². The Morgan fingerprint density at radius 1 is 1.23 bits per heavy atom. The maximum absolute atomic E-state index is 4.73. The fraction of sp³-hybridized carbons (Fsp3) is 0.188. The van der Waals surface area contributed by atoms with Gasteiger partial charge in [0, 0.05) is 28.5 Å². The summed E-state index contributed by atoms with van der Waals surface area (Å²) in [7, 11) is 0. The van der Waals surface area contributed by atoms with E-state index >= 15 is 0 Å². The second-order valence-corrected chi connectivity index (χ2v) is 6.22. The lowest BCUT2D eigenvalue weighted by Crippen LogP contribution is -2.01. The number of benzene rings is 1. The lowest BCUT2D eigenvalue weighted by atomic mass is 10.2. The molecule has 1 aromatic carbocycles. The Balaban J connectivity index is 1.83. The molecule has 0 saturated carbocycles. The van der Waals surface area contributed by atoms with Crippen LogP contribution in [0.15, 0.2) is 35.7 Å². The number of aromatic nitrogens is 4. The Labute approximate surface area is 132 Å². The number of fused-ring (bicyclic) bond motifs is 1. The number of H-pyrrole nitrogens is 1. The van der Waals surface area contributed by atoms with E-state index in [1.807, 2.05) is 49.0 Å². The number of allylic oxidation sites excluding steroid dienone is 1. The molecule has 3 heterocycles. The van der Waals surface area contributed by atoms with E-state index in [-0.39, 0.29) is 0 Å². The molecule has 0 fully saturated rings. The molecular formula is C16H15N5S. The summed E-state index contributed by atoms with van der Waals surface area (Å²) >= 11 is 1.82. The van der Waals surface area contributed by atoms with Gasteiger partial charge in [-0.15, -0.1) is 11.8 Å². The predicted octanol–water partition coefficient (Wildman–Crippen LogP) is 3.88. The highest BCUT2D eigenvalue weighted by atomic mass is 32.2. The van der Waals surface area contributed by atoms with E-state index in [9.17, 15) is 0 Å². The predicted molar refractivity (Wildman–Crippen MR) is 91.2 cm³/mol. The Morgan fingerprint density at radius 2 is 2.14 bits per heavy atom. The van der Waals surface area contributed by atoms with Gasteiger partial charge in [-0.1, -0.05) is 12.1 Å². The molecule has 0 atom stereocenters. The molecule has 0 radical (unpaired) electrons. The van der Waals surface area contributed by atoms with Crippen LogP contribution in [-0.4, -0.2) is 25.9 Å². The topological polar surface area (TPSA) is 66.5 Å². The number of aryl methyl sites for hydroxylation is 1. The third-order valence-electron chi connectivity index (χ3n) is 3.56. The van der Waals surface area contributed by atoms with Gasteiger partial charge in [-0.3, -0.25) is 5.10 Å². The summed E-state index contributed by atoms with van der Waals surface area (Å²) in [5.74, 6) is 3.47. The number of nitrogens with zero attached hydrogens (tertiary/aromatic N) is 3. The molecule has 0 unspecified atom stereocenters. The Hall–Kier alpha value is -2.34. The minimum absolute atomic E-state index is 0.766. The molecule has 0 saturated heterocycles.